The zero-order valence-electron chi connectivity index (χ0n) is 23.1. The number of carbonyl (C=O) groups is 1. The van der Waals surface area contributed by atoms with Gasteiger partial charge in [0.2, 0.25) is 0 Å². The molecular weight excluding hydrogens is 458 g/mol. The summed E-state index contributed by atoms with van der Waals surface area (Å²) in [7, 11) is 0. The second-order valence-electron chi connectivity index (χ2n) is 12.8. The van der Waals surface area contributed by atoms with Crippen molar-refractivity contribution in [2.75, 3.05) is 64.0 Å². The minimum Gasteiger partial charge on any atom is -0.444 e. The van der Waals surface area contributed by atoms with Crippen molar-refractivity contribution in [1.82, 2.24) is 19.6 Å². The fourth-order valence-electron chi connectivity index (χ4n) is 6.50. The van der Waals surface area contributed by atoms with Gasteiger partial charge in [-0.3, -0.25) is 9.58 Å². The Kier molecular flexibility index (Phi) is 6.79. The van der Waals surface area contributed by atoms with Gasteiger partial charge in [-0.05, 0) is 53.9 Å². The SMILES string of the molecule is CC[C@@]1(C)CN(C[C@@H]2COCCO2)CCN1c1cc(C)n(C2CC3(C2)CN(C(=O)OC(C)(C)C)C3)n1. The summed E-state index contributed by atoms with van der Waals surface area (Å²) in [6.45, 7) is 20.2. The number of hydrogen-bond donors (Lipinski definition) is 0. The van der Waals surface area contributed by atoms with E-state index >= 15 is 0 Å². The van der Waals surface area contributed by atoms with Crippen LogP contribution in [0.2, 0.25) is 0 Å². The molecule has 1 aromatic rings. The highest BCUT2D eigenvalue weighted by Crippen LogP contribution is 2.54. The van der Waals surface area contributed by atoms with Crippen LogP contribution in [0.1, 0.15) is 65.6 Å². The second kappa shape index (κ2) is 9.48. The van der Waals surface area contributed by atoms with Gasteiger partial charge in [0.15, 0.2) is 5.82 Å². The Balaban J connectivity index is 1.18. The van der Waals surface area contributed by atoms with E-state index in [9.17, 15) is 4.79 Å². The van der Waals surface area contributed by atoms with Crippen molar-refractivity contribution in [3.63, 3.8) is 0 Å². The highest BCUT2D eigenvalue weighted by atomic mass is 16.6. The highest BCUT2D eigenvalue weighted by molar-refractivity contribution is 5.69. The maximum absolute atomic E-state index is 12.3. The number of anilines is 1. The molecule has 0 bridgehead atoms. The van der Waals surface area contributed by atoms with E-state index in [0.717, 1.165) is 64.3 Å². The third kappa shape index (κ3) is 5.11. The van der Waals surface area contributed by atoms with E-state index in [-0.39, 0.29) is 23.2 Å². The van der Waals surface area contributed by atoms with E-state index in [1.807, 2.05) is 25.7 Å². The maximum atomic E-state index is 12.3. The van der Waals surface area contributed by atoms with Crippen LogP contribution in [-0.2, 0) is 14.2 Å². The molecule has 0 N–H and O–H groups in total. The van der Waals surface area contributed by atoms with Crippen LogP contribution in [0.15, 0.2) is 6.07 Å². The van der Waals surface area contributed by atoms with Crippen molar-refractivity contribution in [3.8, 4) is 0 Å². The summed E-state index contributed by atoms with van der Waals surface area (Å²) in [5.74, 6) is 1.10. The van der Waals surface area contributed by atoms with E-state index in [4.69, 9.17) is 19.3 Å². The number of ether oxygens (including phenoxy) is 3. The molecule has 5 rings (SSSR count). The molecule has 1 aliphatic carbocycles. The highest BCUT2D eigenvalue weighted by Gasteiger charge is 2.55. The van der Waals surface area contributed by atoms with Crippen molar-refractivity contribution in [2.45, 2.75) is 84.1 Å². The van der Waals surface area contributed by atoms with Gasteiger partial charge in [-0.15, -0.1) is 0 Å². The summed E-state index contributed by atoms with van der Waals surface area (Å²) >= 11 is 0. The number of amides is 1. The van der Waals surface area contributed by atoms with Crippen molar-refractivity contribution in [2.24, 2.45) is 5.41 Å². The zero-order chi connectivity index (χ0) is 25.7. The van der Waals surface area contributed by atoms with Crippen LogP contribution in [0, 0.1) is 12.3 Å². The quantitative estimate of drug-likeness (QED) is 0.609. The minimum atomic E-state index is -0.443. The number of likely N-dealkylation sites (tertiary alicyclic amines) is 1. The standard InChI is InChI=1S/C27H45N5O4/c1-7-26(6)17-29(15-22-16-34-10-11-35-22)8-9-31(26)23-12-20(2)32(28-23)21-13-27(14-21)18-30(19-27)24(33)36-25(3,4)5/h12,21-22H,7-11,13-19H2,1-6H3/t22-,26+/m1/s1. The summed E-state index contributed by atoms with van der Waals surface area (Å²) in [6, 6.07) is 2.68. The number of aromatic nitrogens is 2. The zero-order valence-corrected chi connectivity index (χ0v) is 23.1. The fourth-order valence-corrected chi connectivity index (χ4v) is 6.50. The topological polar surface area (TPSA) is 72.3 Å². The van der Waals surface area contributed by atoms with E-state index < -0.39 is 5.60 Å². The van der Waals surface area contributed by atoms with Crippen molar-refractivity contribution >= 4 is 11.9 Å². The van der Waals surface area contributed by atoms with Gasteiger partial charge >= 0.3 is 6.09 Å². The molecule has 1 amide bonds. The van der Waals surface area contributed by atoms with Crippen LogP contribution in [0.3, 0.4) is 0 Å². The molecule has 4 fully saturated rings. The first-order valence-electron chi connectivity index (χ1n) is 13.7. The first kappa shape index (κ1) is 25.8. The third-order valence-corrected chi connectivity index (χ3v) is 8.54. The number of piperazine rings is 1. The first-order chi connectivity index (χ1) is 17.0. The van der Waals surface area contributed by atoms with Crippen molar-refractivity contribution in [3.05, 3.63) is 11.8 Å². The van der Waals surface area contributed by atoms with Crippen LogP contribution in [0.25, 0.3) is 0 Å². The van der Waals surface area contributed by atoms with Gasteiger partial charge in [-0.2, -0.15) is 5.10 Å². The molecule has 36 heavy (non-hydrogen) atoms. The van der Waals surface area contributed by atoms with Crippen LogP contribution in [-0.4, -0.2) is 102 Å². The lowest BCUT2D eigenvalue weighted by molar-refractivity contribution is -0.0996. The van der Waals surface area contributed by atoms with Gasteiger partial charge in [0, 0.05) is 56.4 Å². The molecule has 0 unspecified atom stereocenters. The molecule has 3 aliphatic heterocycles. The molecule has 0 radical (unpaired) electrons. The number of nitrogens with zero attached hydrogens (tertiary/aromatic N) is 5. The Bertz CT molecular complexity index is 938. The number of aryl methyl sites for hydroxylation is 1. The Morgan fingerprint density at radius 2 is 1.94 bits per heavy atom. The largest absolute Gasteiger partial charge is 0.444 e. The van der Waals surface area contributed by atoms with Gasteiger partial charge in [0.1, 0.15) is 5.60 Å². The molecule has 4 aliphatic rings. The lowest BCUT2D eigenvalue weighted by atomic mass is 9.61. The maximum Gasteiger partial charge on any atom is 0.410 e. The van der Waals surface area contributed by atoms with Gasteiger partial charge in [-0.25, -0.2) is 4.79 Å². The van der Waals surface area contributed by atoms with Crippen molar-refractivity contribution < 1.29 is 19.0 Å². The molecule has 1 saturated carbocycles. The molecule has 202 valence electrons. The molecule has 0 aromatic carbocycles. The molecule has 1 spiro atoms. The van der Waals surface area contributed by atoms with Crippen molar-refractivity contribution in [1.29, 1.82) is 0 Å². The molecule has 1 aromatic heterocycles. The lowest BCUT2D eigenvalue weighted by Crippen LogP contribution is -2.64. The summed E-state index contributed by atoms with van der Waals surface area (Å²) < 4.78 is 19.3. The lowest BCUT2D eigenvalue weighted by Gasteiger charge is -2.58. The Morgan fingerprint density at radius 1 is 1.19 bits per heavy atom. The van der Waals surface area contributed by atoms with Gasteiger partial charge in [-0.1, -0.05) is 6.92 Å². The normalized spacial score (nSPS) is 29.2. The van der Waals surface area contributed by atoms with Crippen LogP contribution >= 0.6 is 0 Å². The molecule has 9 heteroatoms. The summed E-state index contributed by atoms with van der Waals surface area (Å²) in [5, 5.41) is 5.14. The van der Waals surface area contributed by atoms with E-state index in [0.29, 0.717) is 25.9 Å². The second-order valence-corrected chi connectivity index (χ2v) is 12.8. The average Bonchev–Trinajstić information content (AvgIpc) is 3.12. The molecule has 4 heterocycles. The minimum absolute atomic E-state index is 0.0299. The number of hydrogen-bond acceptors (Lipinski definition) is 7. The smallest absolute Gasteiger partial charge is 0.410 e. The van der Waals surface area contributed by atoms with E-state index in [1.165, 1.54) is 5.69 Å². The summed E-state index contributed by atoms with van der Waals surface area (Å²) in [4.78, 5) is 19.2. The predicted molar refractivity (Wildman–Crippen MR) is 139 cm³/mol. The third-order valence-electron chi connectivity index (χ3n) is 8.54. The van der Waals surface area contributed by atoms with Crippen LogP contribution in [0.4, 0.5) is 10.6 Å². The fraction of sp³-hybridized carbons (Fsp3) is 0.852. The van der Waals surface area contributed by atoms with Gasteiger partial charge < -0.3 is 24.0 Å². The van der Waals surface area contributed by atoms with E-state index in [1.54, 1.807) is 0 Å². The van der Waals surface area contributed by atoms with Crippen LogP contribution in [0.5, 0.6) is 0 Å². The predicted octanol–water partition coefficient (Wildman–Crippen LogP) is 3.47. The molecule has 2 atom stereocenters. The van der Waals surface area contributed by atoms with Crippen LogP contribution < -0.4 is 4.90 Å². The van der Waals surface area contributed by atoms with E-state index in [2.05, 4.69) is 41.3 Å². The summed E-state index contributed by atoms with van der Waals surface area (Å²) in [6.07, 6.45) is 3.21. The molecular formula is C27H45N5O4. The summed E-state index contributed by atoms with van der Waals surface area (Å²) in [5.41, 5.74) is 1.06. The number of carbonyl (C=O) groups excluding carboxylic acids is 1. The van der Waals surface area contributed by atoms with Gasteiger partial charge in [0.25, 0.3) is 0 Å². The Labute approximate surface area is 216 Å². The first-order valence-corrected chi connectivity index (χ1v) is 13.7. The molecule has 3 saturated heterocycles. The number of rotatable bonds is 5. The monoisotopic (exact) mass is 503 g/mol. The van der Waals surface area contributed by atoms with Gasteiger partial charge in [0.05, 0.1) is 37.5 Å². The Morgan fingerprint density at radius 3 is 2.58 bits per heavy atom. The average molecular weight is 504 g/mol. The Hall–Kier alpha value is -1.84. The molecule has 9 nitrogen and oxygen atoms in total.